The Morgan fingerprint density at radius 3 is 2.05 bits per heavy atom. The first kappa shape index (κ1) is 18.4. The van der Waals surface area contributed by atoms with Gasteiger partial charge in [-0.25, -0.2) is 4.79 Å². The summed E-state index contributed by atoms with van der Waals surface area (Å²) in [5, 5.41) is 10.0. The van der Waals surface area contributed by atoms with Crippen LogP contribution in [0.5, 0.6) is 0 Å². The number of carbonyl (C=O) groups excluding carboxylic acids is 3. The van der Waals surface area contributed by atoms with Crippen LogP contribution in [0.1, 0.15) is 41.5 Å². The van der Waals surface area contributed by atoms with Crippen LogP contribution in [0, 0.1) is 10.8 Å². The minimum absolute atomic E-state index is 0.285. The van der Waals surface area contributed by atoms with E-state index in [0.29, 0.717) is 0 Å². The molecular formula is C15H24O7. The lowest BCUT2D eigenvalue weighted by molar-refractivity contribution is -0.169. The standard InChI is InChI=1S/C15H24O7/c1-14(2,3)12(18)20-7-8-9(16)10(11(17)21-8)22-13(19)15(4,5)6/h8-10,16H,7H2,1-6H3/t8-,9-,10-/m1/s1. The number of aliphatic hydroxyl groups is 1. The zero-order chi connectivity index (χ0) is 17.3. The highest BCUT2D eigenvalue weighted by Crippen LogP contribution is 2.24. The molecule has 22 heavy (non-hydrogen) atoms. The van der Waals surface area contributed by atoms with Gasteiger partial charge in [-0.05, 0) is 41.5 Å². The van der Waals surface area contributed by atoms with E-state index in [-0.39, 0.29) is 6.61 Å². The van der Waals surface area contributed by atoms with Gasteiger partial charge in [0, 0.05) is 0 Å². The van der Waals surface area contributed by atoms with Gasteiger partial charge in [0.2, 0.25) is 6.10 Å². The van der Waals surface area contributed by atoms with Gasteiger partial charge < -0.3 is 19.3 Å². The van der Waals surface area contributed by atoms with Crippen LogP contribution in [-0.2, 0) is 28.6 Å². The second-order valence-electron chi connectivity index (χ2n) is 7.39. The molecule has 3 atom stereocenters. The average molecular weight is 316 g/mol. The fourth-order valence-electron chi connectivity index (χ4n) is 1.54. The van der Waals surface area contributed by atoms with Gasteiger partial charge in [0.15, 0.2) is 6.10 Å². The van der Waals surface area contributed by atoms with Crippen LogP contribution in [0.2, 0.25) is 0 Å². The minimum Gasteiger partial charge on any atom is -0.461 e. The number of hydrogen-bond acceptors (Lipinski definition) is 7. The minimum atomic E-state index is -1.40. The molecule has 7 heteroatoms. The van der Waals surface area contributed by atoms with Gasteiger partial charge in [-0.1, -0.05) is 0 Å². The van der Waals surface area contributed by atoms with Crippen LogP contribution in [0.4, 0.5) is 0 Å². The first-order chi connectivity index (χ1) is 9.84. The van der Waals surface area contributed by atoms with Gasteiger partial charge in [0.05, 0.1) is 10.8 Å². The first-order valence-electron chi connectivity index (χ1n) is 7.11. The van der Waals surface area contributed by atoms with Crippen molar-refractivity contribution < 1.29 is 33.7 Å². The van der Waals surface area contributed by atoms with Crippen molar-refractivity contribution >= 4 is 17.9 Å². The maximum Gasteiger partial charge on any atom is 0.350 e. The van der Waals surface area contributed by atoms with Crippen LogP contribution < -0.4 is 0 Å². The monoisotopic (exact) mass is 316 g/mol. The highest BCUT2D eigenvalue weighted by atomic mass is 16.6. The Balaban J connectivity index is 2.63. The molecule has 1 fully saturated rings. The van der Waals surface area contributed by atoms with E-state index >= 15 is 0 Å². The molecule has 0 radical (unpaired) electrons. The molecule has 0 spiro atoms. The summed E-state index contributed by atoms with van der Waals surface area (Å²) in [6.07, 6.45) is -3.81. The van der Waals surface area contributed by atoms with Crippen molar-refractivity contribution in [3.05, 3.63) is 0 Å². The molecule has 1 saturated heterocycles. The zero-order valence-corrected chi connectivity index (χ0v) is 13.8. The lowest BCUT2D eigenvalue weighted by atomic mass is 9.97. The third-order valence-corrected chi connectivity index (χ3v) is 3.03. The van der Waals surface area contributed by atoms with Gasteiger partial charge in [-0.2, -0.15) is 0 Å². The van der Waals surface area contributed by atoms with Crippen molar-refractivity contribution in [3.8, 4) is 0 Å². The highest BCUT2D eigenvalue weighted by molar-refractivity contribution is 5.83. The molecule has 0 aromatic rings. The lowest BCUT2D eigenvalue weighted by Gasteiger charge is -2.21. The molecule has 7 nitrogen and oxygen atoms in total. The van der Waals surface area contributed by atoms with Crippen LogP contribution in [0.15, 0.2) is 0 Å². The largest absolute Gasteiger partial charge is 0.461 e. The fraction of sp³-hybridized carbons (Fsp3) is 0.800. The predicted molar refractivity (Wildman–Crippen MR) is 75.6 cm³/mol. The van der Waals surface area contributed by atoms with Gasteiger partial charge in [0.25, 0.3) is 0 Å². The second-order valence-corrected chi connectivity index (χ2v) is 7.39. The average Bonchev–Trinajstić information content (AvgIpc) is 2.61. The molecule has 1 aliphatic heterocycles. The third kappa shape index (κ3) is 4.43. The first-order valence-corrected chi connectivity index (χ1v) is 7.11. The van der Waals surface area contributed by atoms with Gasteiger partial charge in [-0.15, -0.1) is 0 Å². The Kier molecular flexibility index (Phi) is 5.22. The number of carbonyl (C=O) groups is 3. The van der Waals surface area contributed by atoms with Crippen molar-refractivity contribution in [1.82, 2.24) is 0 Å². The van der Waals surface area contributed by atoms with E-state index in [1.54, 1.807) is 41.5 Å². The quantitative estimate of drug-likeness (QED) is 0.608. The number of aliphatic hydroxyl groups excluding tert-OH is 1. The van der Waals surface area contributed by atoms with E-state index in [9.17, 15) is 19.5 Å². The number of cyclic esters (lactones) is 1. The third-order valence-electron chi connectivity index (χ3n) is 3.03. The van der Waals surface area contributed by atoms with Crippen molar-refractivity contribution in [2.75, 3.05) is 6.61 Å². The number of esters is 3. The van der Waals surface area contributed by atoms with E-state index in [4.69, 9.17) is 14.2 Å². The predicted octanol–water partition coefficient (Wildman–Crippen LogP) is 0.820. The van der Waals surface area contributed by atoms with Crippen molar-refractivity contribution in [2.24, 2.45) is 10.8 Å². The summed E-state index contributed by atoms with van der Waals surface area (Å²) in [4.78, 5) is 35.2. The summed E-state index contributed by atoms with van der Waals surface area (Å²) in [7, 11) is 0. The summed E-state index contributed by atoms with van der Waals surface area (Å²) in [5.41, 5.74) is -1.51. The number of ether oxygens (including phenoxy) is 3. The Bertz CT molecular complexity index is 455. The summed E-state index contributed by atoms with van der Waals surface area (Å²) < 4.78 is 14.9. The van der Waals surface area contributed by atoms with E-state index in [1.807, 2.05) is 0 Å². The summed E-state index contributed by atoms with van der Waals surface area (Å²) in [5.74, 6) is -1.95. The van der Waals surface area contributed by atoms with E-state index < -0.39 is 47.0 Å². The Morgan fingerprint density at radius 1 is 1.09 bits per heavy atom. The molecule has 0 aliphatic carbocycles. The van der Waals surface area contributed by atoms with Gasteiger partial charge >= 0.3 is 17.9 Å². The van der Waals surface area contributed by atoms with Gasteiger partial charge in [0.1, 0.15) is 12.7 Å². The Labute approximate surface area is 129 Å². The SMILES string of the molecule is CC(C)(C)C(=O)OC[C@H]1OC(=O)[C@H](OC(=O)C(C)(C)C)[C@@H]1O. The van der Waals surface area contributed by atoms with Crippen LogP contribution in [0.3, 0.4) is 0 Å². The molecule has 0 bridgehead atoms. The van der Waals surface area contributed by atoms with Crippen LogP contribution in [-0.4, -0.2) is 47.9 Å². The number of rotatable bonds is 3. The molecular weight excluding hydrogens is 292 g/mol. The summed E-state index contributed by atoms with van der Waals surface area (Å²) >= 11 is 0. The van der Waals surface area contributed by atoms with Crippen LogP contribution in [0.25, 0.3) is 0 Å². The molecule has 0 amide bonds. The molecule has 1 aliphatic rings. The second kappa shape index (κ2) is 6.24. The number of hydrogen-bond donors (Lipinski definition) is 1. The smallest absolute Gasteiger partial charge is 0.350 e. The Morgan fingerprint density at radius 2 is 1.59 bits per heavy atom. The normalized spacial score (nSPS) is 25.6. The molecule has 1 N–H and O–H groups in total. The highest BCUT2D eigenvalue weighted by Gasteiger charge is 2.48. The molecule has 0 aromatic heterocycles. The molecule has 126 valence electrons. The lowest BCUT2D eigenvalue weighted by Crippen LogP contribution is -2.40. The molecule has 0 saturated carbocycles. The topological polar surface area (TPSA) is 99.1 Å². The van der Waals surface area contributed by atoms with Gasteiger partial charge in [-0.3, -0.25) is 9.59 Å². The summed E-state index contributed by atoms with van der Waals surface area (Å²) in [6.45, 7) is 9.65. The maximum atomic E-state index is 11.8. The van der Waals surface area contributed by atoms with Crippen molar-refractivity contribution in [2.45, 2.75) is 59.9 Å². The molecule has 0 unspecified atom stereocenters. The van der Waals surface area contributed by atoms with Crippen molar-refractivity contribution in [1.29, 1.82) is 0 Å². The maximum absolute atomic E-state index is 11.8. The molecule has 1 rings (SSSR count). The van der Waals surface area contributed by atoms with Crippen LogP contribution >= 0.6 is 0 Å². The molecule has 1 heterocycles. The zero-order valence-electron chi connectivity index (χ0n) is 13.8. The van der Waals surface area contributed by atoms with E-state index in [1.165, 1.54) is 0 Å². The molecule has 0 aromatic carbocycles. The fourth-order valence-corrected chi connectivity index (χ4v) is 1.54. The van der Waals surface area contributed by atoms with E-state index in [0.717, 1.165) is 0 Å². The Hall–Kier alpha value is -1.63. The van der Waals surface area contributed by atoms with E-state index in [2.05, 4.69) is 0 Å². The summed E-state index contributed by atoms with van der Waals surface area (Å²) in [6, 6.07) is 0. The van der Waals surface area contributed by atoms with Crippen molar-refractivity contribution in [3.63, 3.8) is 0 Å².